The van der Waals surface area contributed by atoms with Gasteiger partial charge in [-0.15, -0.1) is 0 Å². The van der Waals surface area contributed by atoms with Crippen molar-refractivity contribution in [2.45, 2.75) is 64.7 Å². The van der Waals surface area contributed by atoms with E-state index in [0.717, 1.165) is 6.54 Å². The monoisotopic (exact) mass is 350 g/mol. The zero-order valence-corrected chi connectivity index (χ0v) is 17.8. The molecule has 138 valence electrons. The van der Waals surface area contributed by atoms with Gasteiger partial charge in [-0.2, -0.15) is 0 Å². The molecule has 0 radical (unpaired) electrons. The van der Waals surface area contributed by atoms with Crippen LogP contribution in [-0.4, -0.2) is 44.7 Å². The second kappa shape index (κ2) is 9.14. The third kappa shape index (κ3) is 7.05. The first kappa shape index (κ1) is 21.4. The molecule has 0 aliphatic carbocycles. The topological polar surface area (TPSA) is 35.5 Å². The minimum Gasteiger partial charge on any atom is -0.432 e. The van der Waals surface area contributed by atoms with Gasteiger partial charge in [-0.3, -0.25) is 0 Å². The Hall–Kier alpha value is -0.683. The summed E-state index contributed by atoms with van der Waals surface area (Å²) >= 11 is 0. The van der Waals surface area contributed by atoms with E-state index in [0.29, 0.717) is 6.04 Å². The maximum absolute atomic E-state index is 9.49. The van der Waals surface area contributed by atoms with Gasteiger partial charge in [-0.05, 0) is 63.6 Å². The zero-order valence-electron chi connectivity index (χ0n) is 16.8. The number of hydrogen-bond donors (Lipinski definition) is 2. The summed E-state index contributed by atoms with van der Waals surface area (Å²) in [5.41, 5.74) is 2.76. The molecule has 1 fully saturated rings. The molecule has 2 rings (SSSR count). The molecule has 0 spiro atoms. The maximum Gasteiger partial charge on any atom is 0.187 e. The van der Waals surface area contributed by atoms with E-state index in [1.807, 2.05) is 13.1 Å². The van der Waals surface area contributed by atoms with E-state index in [4.69, 9.17) is 0 Å². The lowest BCUT2D eigenvalue weighted by atomic mass is 10.0. The van der Waals surface area contributed by atoms with Crippen molar-refractivity contribution in [1.29, 1.82) is 0 Å². The van der Waals surface area contributed by atoms with Crippen molar-refractivity contribution in [3.05, 3.63) is 35.4 Å². The van der Waals surface area contributed by atoms with E-state index < -0.39 is 8.32 Å². The first-order chi connectivity index (χ1) is 11.0. The van der Waals surface area contributed by atoms with Crippen molar-refractivity contribution >= 4 is 8.32 Å². The highest BCUT2D eigenvalue weighted by molar-refractivity contribution is 6.72. The molecule has 2 N–H and O–H groups in total. The molecule has 1 saturated heterocycles. The summed E-state index contributed by atoms with van der Waals surface area (Å²) in [7, 11) is 0.200. The van der Waals surface area contributed by atoms with E-state index in [9.17, 15) is 4.80 Å². The van der Waals surface area contributed by atoms with E-state index >= 15 is 0 Å². The van der Waals surface area contributed by atoms with Crippen molar-refractivity contribution in [3.8, 4) is 0 Å². The van der Waals surface area contributed by atoms with E-state index in [-0.39, 0.29) is 5.04 Å². The Bertz CT molecular complexity index is 473. The molecule has 4 heteroatoms. The predicted octanol–water partition coefficient (Wildman–Crippen LogP) is 4.34. The Kier molecular flexibility index (Phi) is 8.13. The van der Waals surface area contributed by atoms with Gasteiger partial charge in [0.2, 0.25) is 0 Å². The number of nitrogens with one attached hydrogen (secondary N) is 1. The number of likely N-dealkylation sites (N-methyl/N-ethyl adjacent to an activating group) is 1. The van der Waals surface area contributed by atoms with E-state index in [2.05, 4.69) is 69.2 Å². The van der Waals surface area contributed by atoms with Gasteiger partial charge in [0, 0.05) is 12.6 Å². The third-order valence-electron chi connectivity index (χ3n) is 5.27. The molecular formula is C20H38N2OSi. The first-order valence-corrected chi connectivity index (χ1v) is 12.2. The van der Waals surface area contributed by atoms with Crippen LogP contribution >= 0.6 is 0 Å². The second-order valence-corrected chi connectivity index (χ2v) is 13.2. The number of hydrogen-bond acceptors (Lipinski definition) is 3. The van der Waals surface area contributed by atoms with Gasteiger partial charge in [-0.25, -0.2) is 0 Å². The molecule has 1 aromatic rings. The normalized spacial score (nSPS) is 17.3. The fourth-order valence-corrected chi connectivity index (χ4v) is 2.47. The summed E-state index contributed by atoms with van der Waals surface area (Å²) < 4.78 is 0. The van der Waals surface area contributed by atoms with Gasteiger partial charge in [0.15, 0.2) is 8.32 Å². The summed E-state index contributed by atoms with van der Waals surface area (Å²) in [5.74, 6) is 0. The Morgan fingerprint density at radius 3 is 2.17 bits per heavy atom. The zero-order chi connectivity index (χ0) is 18.4. The summed E-state index contributed by atoms with van der Waals surface area (Å²) in [5, 5.41) is 3.56. The SMILES string of the molecule is CC(C)(C)[Si](C)(C)O.CN[C@@H](CN1CCCC1)c1cccc(C)c1. The highest BCUT2D eigenvalue weighted by Gasteiger charge is 2.32. The first-order valence-electron chi connectivity index (χ1n) is 9.23. The molecular weight excluding hydrogens is 312 g/mol. The predicted molar refractivity (Wildman–Crippen MR) is 108 cm³/mol. The van der Waals surface area contributed by atoms with Crippen LogP contribution in [0.4, 0.5) is 0 Å². The molecule has 0 aromatic heterocycles. The molecule has 1 aliphatic rings. The fraction of sp³-hybridized carbons (Fsp3) is 0.700. The minimum absolute atomic E-state index is 0.132. The van der Waals surface area contributed by atoms with Crippen LogP contribution in [0.3, 0.4) is 0 Å². The minimum atomic E-state index is -1.86. The number of rotatable bonds is 4. The Balaban J connectivity index is 0.000000307. The summed E-state index contributed by atoms with van der Waals surface area (Å²) in [6, 6.07) is 9.30. The van der Waals surface area contributed by atoms with Crippen LogP contribution in [0.1, 0.15) is 50.8 Å². The molecule has 0 bridgehead atoms. The van der Waals surface area contributed by atoms with Crippen LogP contribution in [0.25, 0.3) is 0 Å². The molecule has 1 atom stereocenters. The number of likely N-dealkylation sites (tertiary alicyclic amines) is 1. The van der Waals surface area contributed by atoms with Crippen LogP contribution in [0, 0.1) is 6.92 Å². The number of benzene rings is 1. The van der Waals surface area contributed by atoms with Crippen LogP contribution in [0.5, 0.6) is 0 Å². The van der Waals surface area contributed by atoms with Crippen molar-refractivity contribution in [1.82, 2.24) is 10.2 Å². The molecule has 3 nitrogen and oxygen atoms in total. The Morgan fingerprint density at radius 2 is 1.75 bits per heavy atom. The molecule has 0 unspecified atom stereocenters. The molecule has 1 aromatic carbocycles. The van der Waals surface area contributed by atoms with Crippen LogP contribution in [-0.2, 0) is 0 Å². The summed E-state index contributed by atoms with van der Waals surface area (Å²) in [6.45, 7) is 16.0. The van der Waals surface area contributed by atoms with Crippen molar-refractivity contribution in [3.63, 3.8) is 0 Å². The Labute approximate surface area is 150 Å². The third-order valence-corrected chi connectivity index (χ3v) is 8.94. The van der Waals surface area contributed by atoms with Gasteiger partial charge >= 0.3 is 0 Å². The molecule has 1 heterocycles. The van der Waals surface area contributed by atoms with Crippen molar-refractivity contribution in [2.24, 2.45) is 0 Å². The molecule has 24 heavy (non-hydrogen) atoms. The van der Waals surface area contributed by atoms with Gasteiger partial charge in [0.05, 0.1) is 0 Å². The van der Waals surface area contributed by atoms with Gasteiger partial charge < -0.3 is 15.0 Å². The molecule has 0 amide bonds. The lowest BCUT2D eigenvalue weighted by Gasteiger charge is -2.30. The maximum atomic E-state index is 9.49. The van der Waals surface area contributed by atoms with Crippen molar-refractivity contribution in [2.75, 3.05) is 26.7 Å². The van der Waals surface area contributed by atoms with Crippen molar-refractivity contribution < 1.29 is 4.80 Å². The average Bonchev–Trinajstić information content (AvgIpc) is 2.96. The van der Waals surface area contributed by atoms with Gasteiger partial charge in [0.1, 0.15) is 0 Å². The van der Waals surface area contributed by atoms with Crippen LogP contribution in [0.2, 0.25) is 18.1 Å². The summed E-state index contributed by atoms with van der Waals surface area (Å²) in [6.07, 6.45) is 2.73. The largest absolute Gasteiger partial charge is 0.432 e. The van der Waals surface area contributed by atoms with E-state index in [1.54, 1.807) is 0 Å². The Morgan fingerprint density at radius 1 is 1.21 bits per heavy atom. The summed E-state index contributed by atoms with van der Waals surface area (Å²) in [4.78, 5) is 12.1. The smallest absolute Gasteiger partial charge is 0.187 e. The average molecular weight is 351 g/mol. The van der Waals surface area contributed by atoms with Gasteiger partial charge in [-0.1, -0.05) is 50.6 Å². The van der Waals surface area contributed by atoms with Gasteiger partial charge in [0.25, 0.3) is 0 Å². The highest BCUT2D eigenvalue weighted by atomic mass is 28.4. The quantitative estimate of drug-likeness (QED) is 0.793. The standard InChI is InChI=1S/C14H22N2.C6H16OSi/c1-12-6-5-7-13(10-12)14(15-2)11-16-8-3-4-9-16;1-6(2,3)8(4,5)7/h5-7,10,14-15H,3-4,8-9,11H2,1-2H3;7H,1-5H3/t14-;/m0./s1. The highest BCUT2D eigenvalue weighted by Crippen LogP contribution is 2.33. The number of nitrogens with zero attached hydrogens (tertiary/aromatic N) is 1. The lowest BCUT2D eigenvalue weighted by Crippen LogP contribution is -2.36. The molecule has 0 saturated carbocycles. The molecule has 1 aliphatic heterocycles. The lowest BCUT2D eigenvalue weighted by molar-refractivity contribution is 0.299. The number of aryl methyl sites for hydroxylation is 1. The second-order valence-electron chi connectivity index (χ2n) is 8.57. The van der Waals surface area contributed by atoms with Crippen LogP contribution in [0.15, 0.2) is 24.3 Å². The van der Waals surface area contributed by atoms with E-state index in [1.165, 1.54) is 37.1 Å². The van der Waals surface area contributed by atoms with Crippen LogP contribution < -0.4 is 5.32 Å². The fourth-order valence-electron chi connectivity index (χ4n) is 2.47.